The lowest BCUT2D eigenvalue weighted by Crippen LogP contribution is -1.95. The largest absolute Gasteiger partial charge is 0.506 e. The van der Waals surface area contributed by atoms with Crippen LogP contribution in [0.3, 0.4) is 0 Å². The lowest BCUT2D eigenvalue weighted by atomic mass is 10.1. The van der Waals surface area contributed by atoms with Crippen LogP contribution in [-0.4, -0.2) is 23.8 Å². The van der Waals surface area contributed by atoms with Gasteiger partial charge in [-0.25, -0.2) is 4.98 Å². The van der Waals surface area contributed by atoms with E-state index in [4.69, 9.17) is 9.47 Å². The molecule has 1 heterocycles. The van der Waals surface area contributed by atoms with Crippen LogP contribution in [-0.2, 0) is 0 Å². The average molecular weight is 321 g/mol. The van der Waals surface area contributed by atoms with E-state index in [1.165, 1.54) is 0 Å². The van der Waals surface area contributed by atoms with Crippen molar-refractivity contribution in [3.8, 4) is 17.2 Å². The molecule has 0 saturated heterocycles. The Bertz CT molecular complexity index is 887. The number of phenolic OH excluding ortho intramolecular Hbond substituents is 1. The zero-order chi connectivity index (χ0) is 16.9. The molecule has 0 unspecified atom stereocenters. The topological polar surface area (TPSA) is 51.6 Å². The Morgan fingerprint density at radius 1 is 1.04 bits per heavy atom. The molecule has 0 aliphatic carbocycles. The van der Waals surface area contributed by atoms with Gasteiger partial charge in [-0.05, 0) is 42.8 Å². The van der Waals surface area contributed by atoms with Crippen LogP contribution in [0, 0.1) is 0 Å². The minimum atomic E-state index is 0.186. The van der Waals surface area contributed by atoms with E-state index >= 15 is 0 Å². The van der Waals surface area contributed by atoms with Gasteiger partial charge < -0.3 is 14.6 Å². The van der Waals surface area contributed by atoms with Crippen molar-refractivity contribution in [3.05, 3.63) is 59.8 Å². The summed E-state index contributed by atoms with van der Waals surface area (Å²) in [5, 5.41) is 10.8. The molecule has 1 N–H and O–H groups in total. The van der Waals surface area contributed by atoms with E-state index in [2.05, 4.69) is 4.98 Å². The number of rotatable bonds is 5. The van der Waals surface area contributed by atoms with Gasteiger partial charge in [-0.15, -0.1) is 0 Å². The maximum atomic E-state index is 9.92. The van der Waals surface area contributed by atoms with Crippen LogP contribution in [0.15, 0.2) is 48.5 Å². The quantitative estimate of drug-likeness (QED) is 0.751. The van der Waals surface area contributed by atoms with Gasteiger partial charge in [0.2, 0.25) is 0 Å². The van der Waals surface area contributed by atoms with Crippen LogP contribution in [0.2, 0.25) is 0 Å². The maximum Gasteiger partial charge on any atom is 0.161 e. The van der Waals surface area contributed by atoms with Crippen LogP contribution in [0.4, 0.5) is 0 Å². The fourth-order valence-corrected chi connectivity index (χ4v) is 2.49. The number of phenols is 1. The first-order chi connectivity index (χ1) is 11.7. The summed E-state index contributed by atoms with van der Waals surface area (Å²) in [6, 6.07) is 15.0. The molecule has 2 aromatic carbocycles. The van der Waals surface area contributed by atoms with Gasteiger partial charge in [-0.1, -0.05) is 30.3 Å². The minimum Gasteiger partial charge on any atom is -0.506 e. The number of aromatic nitrogens is 1. The van der Waals surface area contributed by atoms with Crippen molar-refractivity contribution in [1.82, 2.24) is 4.98 Å². The van der Waals surface area contributed by atoms with Crippen LogP contribution in [0.5, 0.6) is 17.2 Å². The van der Waals surface area contributed by atoms with E-state index in [0.29, 0.717) is 23.6 Å². The highest BCUT2D eigenvalue weighted by Crippen LogP contribution is 2.29. The minimum absolute atomic E-state index is 0.186. The summed E-state index contributed by atoms with van der Waals surface area (Å²) in [6.45, 7) is 2.52. The molecule has 3 rings (SSSR count). The first-order valence-corrected chi connectivity index (χ1v) is 7.79. The molecular weight excluding hydrogens is 302 g/mol. The number of fused-ring (bicyclic) bond motifs is 1. The fourth-order valence-electron chi connectivity index (χ4n) is 2.49. The van der Waals surface area contributed by atoms with Crippen LogP contribution >= 0.6 is 0 Å². The molecule has 0 bridgehead atoms. The van der Waals surface area contributed by atoms with E-state index in [-0.39, 0.29) is 5.75 Å². The van der Waals surface area contributed by atoms with E-state index in [9.17, 15) is 5.11 Å². The molecule has 1 aromatic heterocycles. The highest BCUT2D eigenvalue weighted by atomic mass is 16.5. The van der Waals surface area contributed by atoms with Gasteiger partial charge in [-0.2, -0.15) is 0 Å². The normalized spacial score (nSPS) is 11.1. The summed E-state index contributed by atoms with van der Waals surface area (Å²) >= 11 is 0. The SMILES string of the molecule is CCOc1cc(/C=C/c2ccc3cccc(O)c3n2)ccc1OC. The standard InChI is InChI=1S/C20H19NO3/c1-3-24-19-13-14(8-12-18(19)23-2)7-10-16-11-9-15-5-4-6-17(22)20(15)21-16/h4-13,22H,3H2,1-2H3/b10-7+. The smallest absolute Gasteiger partial charge is 0.161 e. The Kier molecular flexibility index (Phi) is 4.66. The van der Waals surface area contributed by atoms with E-state index < -0.39 is 0 Å². The van der Waals surface area contributed by atoms with Crippen molar-refractivity contribution in [2.75, 3.05) is 13.7 Å². The van der Waals surface area contributed by atoms with Crippen LogP contribution < -0.4 is 9.47 Å². The number of hydrogen-bond donors (Lipinski definition) is 1. The van der Waals surface area contributed by atoms with Crippen molar-refractivity contribution >= 4 is 23.1 Å². The third-order valence-corrected chi connectivity index (χ3v) is 3.65. The van der Waals surface area contributed by atoms with Gasteiger partial charge in [0.05, 0.1) is 19.4 Å². The van der Waals surface area contributed by atoms with Crippen molar-refractivity contribution < 1.29 is 14.6 Å². The van der Waals surface area contributed by atoms with E-state index in [1.54, 1.807) is 13.2 Å². The zero-order valence-electron chi connectivity index (χ0n) is 13.7. The van der Waals surface area contributed by atoms with Gasteiger partial charge in [-0.3, -0.25) is 0 Å². The molecule has 0 aliphatic rings. The third kappa shape index (κ3) is 3.33. The van der Waals surface area contributed by atoms with Crippen LogP contribution in [0.25, 0.3) is 23.1 Å². The predicted octanol–water partition coefficient (Wildman–Crippen LogP) is 4.52. The second kappa shape index (κ2) is 7.04. The molecule has 0 radical (unpaired) electrons. The number of ether oxygens (including phenoxy) is 2. The molecule has 0 saturated carbocycles. The predicted molar refractivity (Wildman–Crippen MR) is 96.5 cm³/mol. The number of pyridine rings is 1. The van der Waals surface area contributed by atoms with Gasteiger partial charge in [0, 0.05) is 5.39 Å². The molecule has 3 aromatic rings. The number of para-hydroxylation sites is 1. The van der Waals surface area contributed by atoms with Gasteiger partial charge in [0.25, 0.3) is 0 Å². The zero-order valence-corrected chi connectivity index (χ0v) is 13.7. The summed E-state index contributed by atoms with van der Waals surface area (Å²) in [6.07, 6.45) is 3.86. The average Bonchev–Trinajstić information content (AvgIpc) is 2.61. The van der Waals surface area contributed by atoms with Gasteiger partial charge in [0.15, 0.2) is 11.5 Å². The Balaban J connectivity index is 1.90. The highest BCUT2D eigenvalue weighted by molar-refractivity contribution is 5.85. The summed E-state index contributed by atoms with van der Waals surface area (Å²) in [5.41, 5.74) is 2.36. The molecule has 0 atom stereocenters. The summed E-state index contributed by atoms with van der Waals surface area (Å²) < 4.78 is 10.9. The Morgan fingerprint density at radius 2 is 1.92 bits per heavy atom. The third-order valence-electron chi connectivity index (χ3n) is 3.65. The van der Waals surface area contributed by atoms with Crippen molar-refractivity contribution in [2.24, 2.45) is 0 Å². The summed E-state index contributed by atoms with van der Waals surface area (Å²) in [5.74, 6) is 1.61. The van der Waals surface area contributed by atoms with E-state index in [1.807, 2.05) is 61.5 Å². The number of methoxy groups -OCH3 is 1. The van der Waals surface area contributed by atoms with Gasteiger partial charge >= 0.3 is 0 Å². The highest BCUT2D eigenvalue weighted by Gasteiger charge is 2.04. The number of nitrogens with zero attached hydrogens (tertiary/aromatic N) is 1. The first kappa shape index (κ1) is 15.9. The molecule has 4 heteroatoms. The Labute approximate surface area is 141 Å². The van der Waals surface area contributed by atoms with Crippen molar-refractivity contribution in [3.63, 3.8) is 0 Å². The number of hydrogen-bond acceptors (Lipinski definition) is 4. The molecule has 24 heavy (non-hydrogen) atoms. The molecule has 4 nitrogen and oxygen atoms in total. The van der Waals surface area contributed by atoms with Crippen LogP contribution in [0.1, 0.15) is 18.2 Å². The molecule has 0 spiro atoms. The van der Waals surface area contributed by atoms with Crippen molar-refractivity contribution in [2.45, 2.75) is 6.92 Å². The second-order valence-corrected chi connectivity index (χ2v) is 5.26. The molecule has 0 aliphatic heterocycles. The second-order valence-electron chi connectivity index (χ2n) is 5.26. The lowest BCUT2D eigenvalue weighted by molar-refractivity contribution is 0.311. The molecular formula is C20H19NO3. The fraction of sp³-hybridized carbons (Fsp3) is 0.150. The first-order valence-electron chi connectivity index (χ1n) is 7.79. The molecule has 0 amide bonds. The number of benzene rings is 2. The Hall–Kier alpha value is -3.01. The lowest BCUT2D eigenvalue weighted by Gasteiger charge is -2.09. The summed E-state index contributed by atoms with van der Waals surface area (Å²) in [4.78, 5) is 4.49. The Morgan fingerprint density at radius 3 is 2.71 bits per heavy atom. The van der Waals surface area contributed by atoms with Crippen molar-refractivity contribution in [1.29, 1.82) is 0 Å². The number of aromatic hydroxyl groups is 1. The maximum absolute atomic E-state index is 9.92. The van der Waals surface area contributed by atoms with E-state index in [0.717, 1.165) is 16.6 Å². The molecule has 122 valence electrons. The summed E-state index contributed by atoms with van der Waals surface area (Å²) in [7, 11) is 1.62. The molecule has 0 fully saturated rings. The van der Waals surface area contributed by atoms with Gasteiger partial charge in [0.1, 0.15) is 11.3 Å². The monoisotopic (exact) mass is 321 g/mol.